The molecule has 1 saturated heterocycles. The Bertz CT molecular complexity index is 956. The number of aromatic nitrogens is 1. The molecule has 4 rings (SSSR count). The number of carboxylic acid groups (broad SMARTS) is 1. The van der Waals surface area contributed by atoms with Crippen LogP contribution >= 0.6 is 0 Å². The van der Waals surface area contributed by atoms with Crippen LogP contribution in [0.4, 0.5) is 4.39 Å². The van der Waals surface area contributed by atoms with Gasteiger partial charge in [0.05, 0.1) is 11.1 Å². The maximum absolute atomic E-state index is 14.6. The number of carboxylic acids is 1. The first-order valence-corrected chi connectivity index (χ1v) is 9.41. The van der Waals surface area contributed by atoms with Crippen LogP contribution in [0, 0.1) is 11.7 Å². The molecule has 0 spiro atoms. The van der Waals surface area contributed by atoms with Gasteiger partial charge in [-0.3, -0.25) is 0 Å². The molecule has 0 unspecified atom stereocenters. The zero-order chi connectivity index (χ0) is 18.8. The zero-order valence-corrected chi connectivity index (χ0v) is 15.1. The molecule has 0 bridgehead atoms. The molecule has 27 heavy (non-hydrogen) atoms. The van der Waals surface area contributed by atoms with E-state index in [2.05, 4.69) is 16.1 Å². The van der Waals surface area contributed by atoms with Gasteiger partial charge in [0.15, 0.2) is 0 Å². The average Bonchev–Trinajstić information content (AvgIpc) is 3.01. The van der Waals surface area contributed by atoms with Crippen LogP contribution in [-0.2, 0) is 13.0 Å². The van der Waals surface area contributed by atoms with E-state index in [1.165, 1.54) is 6.07 Å². The number of nitrogens with zero attached hydrogens (tertiary/aromatic N) is 1. The maximum atomic E-state index is 14.6. The Hall–Kier alpha value is -2.66. The van der Waals surface area contributed by atoms with Gasteiger partial charge in [-0.25, -0.2) is 9.18 Å². The molecule has 1 aromatic heterocycles. The second-order valence-electron chi connectivity index (χ2n) is 7.31. The first-order valence-electron chi connectivity index (χ1n) is 9.41. The molecule has 2 heterocycles. The Kier molecular flexibility index (Phi) is 4.94. The number of aromatic carboxylic acids is 1. The Morgan fingerprint density at radius 2 is 1.89 bits per heavy atom. The van der Waals surface area contributed by atoms with Gasteiger partial charge in [-0.1, -0.05) is 18.2 Å². The first-order chi connectivity index (χ1) is 13.1. The normalized spacial score (nSPS) is 15.3. The number of fused-ring (bicyclic) bond motifs is 1. The van der Waals surface area contributed by atoms with Crippen molar-refractivity contribution in [3.8, 4) is 0 Å². The molecule has 4 nitrogen and oxygen atoms in total. The molecule has 1 fully saturated rings. The summed E-state index contributed by atoms with van der Waals surface area (Å²) >= 11 is 0. The summed E-state index contributed by atoms with van der Waals surface area (Å²) in [5, 5.41) is 13.1. The molecule has 1 aliphatic heterocycles. The summed E-state index contributed by atoms with van der Waals surface area (Å²) in [7, 11) is 0. The number of hydrogen-bond acceptors (Lipinski definition) is 2. The number of nitrogens with one attached hydrogen (secondary N) is 1. The van der Waals surface area contributed by atoms with E-state index in [9.17, 15) is 9.18 Å². The molecule has 3 aromatic rings. The highest BCUT2D eigenvalue weighted by atomic mass is 19.1. The van der Waals surface area contributed by atoms with Crippen LogP contribution in [0.3, 0.4) is 0 Å². The molecule has 2 N–H and O–H groups in total. The van der Waals surface area contributed by atoms with Crippen molar-refractivity contribution >= 4 is 16.9 Å². The van der Waals surface area contributed by atoms with Crippen LogP contribution in [0.5, 0.6) is 0 Å². The van der Waals surface area contributed by atoms with Crippen molar-refractivity contribution in [2.24, 2.45) is 5.92 Å². The lowest BCUT2D eigenvalue weighted by Gasteiger charge is -2.23. The van der Waals surface area contributed by atoms with Crippen molar-refractivity contribution in [3.63, 3.8) is 0 Å². The molecule has 0 atom stereocenters. The van der Waals surface area contributed by atoms with E-state index in [0.29, 0.717) is 17.7 Å². The average molecular weight is 366 g/mol. The largest absolute Gasteiger partial charge is 0.478 e. The molecular weight excluding hydrogens is 343 g/mol. The van der Waals surface area contributed by atoms with Gasteiger partial charge in [0, 0.05) is 18.1 Å². The smallest absolute Gasteiger partial charge is 0.335 e. The number of piperidine rings is 1. The van der Waals surface area contributed by atoms with Crippen LogP contribution in [0.2, 0.25) is 0 Å². The topological polar surface area (TPSA) is 54.3 Å². The summed E-state index contributed by atoms with van der Waals surface area (Å²) in [5.74, 6) is -0.535. The van der Waals surface area contributed by atoms with Gasteiger partial charge in [-0.2, -0.15) is 0 Å². The van der Waals surface area contributed by atoms with E-state index < -0.39 is 5.97 Å². The van der Waals surface area contributed by atoms with Gasteiger partial charge in [0.25, 0.3) is 0 Å². The SMILES string of the molecule is O=C(O)c1ccc(Cc2cn(CC3CCNCC3)c3cccc(F)c23)cc1. The quantitative estimate of drug-likeness (QED) is 0.716. The van der Waals surface area contributed by atoms with Gasteiger partial charge in [-0.15, -0.1) is 0 Å². The number of halogens is 1. The molecule has 2 aromatic carbocycles. The number of hydrogen-bond donors (Lipinski definition) is 2. The third-order valence-corrected chi connectivity index (χ3v) is 5.44. The Morgan fingerprint density at radius 1 is 1.15 bits per heavy atom. The highest BCUT2D eigenvalue weighted by Gasteiger charge is 2.18. The van der Waals surface area contributed by atoms with Crippen molar-refractivity contribution in [2.45, 2.75) is 25.8 Å². The fraction of sp³-hybridized carbons (Fsp3) is 0.318. The van der Waals surface area contributed by atoms with E-state index in [-0.39, 0.29) is 11.4 Å². The van der Waals surface area contributed by atoms with Crippen molar-refractivity contribution in [1.82, 2.24) is 9.88 Å². The van der Waals surface area contributed by atoms with Crippen LogP contribution < -0.4 is 5.32 Å². The summed E-state index contributed by atoms with van der Waals surface area (Å²) in [6.45, 7) is 2.99. The van der Waals surface area contributed by atoms with E-state index in [1.807, 2.05) is 6.07 Å². The Labute approximate surface area is 157 Å². The Balaban J connectivity index is 1.66. The lowest BCUT2D eigenvalue weighted by Crippen LogP contribution is -2.29. The van der Waals surface area contributed by atoms with Crippen molar-refractivity contribution in [1.29, 1.82) is 0 Å². The summed E-state index contributed by atoms with van der Waals surface area (Å²) < 4.78 is 16.8. The van der Waals surface area contributed by atoms with Gasteiger partial charge >= 0.3 is 5.97 Å². The monoisotopic (exact) mass is 366 g/mol. The third-order valence-electron chi connectivity index (χ3n) is 5.44. The zero-order valence-electron chi connectivity index (χ0n) is 15.1. The lowest BCUT2D eigenvalue weighted by molar-refractivity contribution is 0.0697. The minimum absolute atomic E-state index is 0.200. The molecule has 0 aliphatic carbocycles. The lowest BCUT2D eigenvalue weighted by atomic mass is 9.98. The maximum Gasteiger partial charge on any atom is 0.335 e. The summed E-state index contributed by atoms with van der Waals surface area (Å²) in [6.07, 6.45) is 4.93. The van der Waals surface area contributed by atoms with E-state index in [4.69, 9.17) is 5.11 Å². The van der Waals surface area contributed by atoms with Crippen LogP contribution in [-0.4, -0.2) is 28.7 Å². The summed E-state index contributed by atoms with van der Waals surface area (Å²) in [4.78, 5) is 11.0. The highest BCUT2D eigenvalue weighted by Crippen LogP contribution is 2.28. The second-order valence-corrected chi connectivity index (χ2v) is 7.31. The standard InChI is InChI=1S/C22H23FN2O2/c23-19-2-1-3-20-21(19)18(12-15-4-6-17(7-5-15)22(26)27)14-25(20)13-16-8-10-24-11-9-16/h1-7,14,16,24H,8-13H2,(H,26,27). The predicted molar refractivity (Wildman–Crippen MR) is 104 cm³/mol. The second kappa shape index (κ2) is 7.53. The van der Waals surface area contributed by atoms with Crippen molar-refractivity contribution in [3.05, 3.63) is 71.2 Å². The van der Waals surface area contributed by atoms with E-state index in [1.54, 1.807) is 30.3 Å². The van der Waals surface area contributed by atoms with Crippen LogP contribution in [0.25, 0.3) is 10.9 Å². The molecule has 0 amide bonds. The van der Waals surface area contributed by atoms with E-state index >= 15 is 0 Å². The van der Waals surface area contributed by atoms with Gasteiger partial charge in [-0.05, 0) is 73.7 Å². The van der Waals surface area contributed by atoms with Gasteiger partial charge < -0.3 is 15.0 Å². The summed E-state index contributed by atoms with van der Waals surface area (Å²) in [6, 6.07) is 12.1. The molecule has 0 radical (unpaired) electrons. The van der Waals surface area contributed by atoms with Crippen molar-refractivity contribution < 1.29 is 14.3 Å². The number of carbonyl (C=O) groups is 1. The molecular formula is C22H23FN2O2. The number of benzene rings is 2. The molecule has 5 heteroatoms. The van der Waals surface area contributed by atoms with Crippen LogP contribution in [0.1, 0.15) is 34.3 Å². The highest BCUT2D eigenvalue weighted by molar-refractivity contribution is 5.87. The molecule has 1 aliphatic rings. The molecule has 140 valence electrons. The summed E-state index contributed by atoms with van der Waals surface area (Å²) in [5.41, 5.74) is 3.12. The van der Waals surface area contributed by atoms with Gasteiger partial charge in [0.1, 0.15) is 5.82 Å². The number of rotatable bonds is 5. The van der Waals surface area contributed by atoms with Gasteiger partial charge in [0.2, 0.25) is 0 Å². The fourth-order valence-corrected chi connectivity index (χ4v) is 4.00. The third kappa shape index (κ3) is 3.74. The van der Waals surface area contributed by atoms with E-state index in [0.717, 1.165) is 49.1 Å². The molecule has 0 saturated carbocycles. The predicted octanol–water partition coefficient (Wildman–Crippen LogP) is 4.07. The minimum Gasteiger partial charge on any atom is -0.478 e. The first kappa shape index (κ1) is 17.7. The minimum atomic E-state index is -0.939. The van der Waals surface area contributed by atoms with Crippen LogP contribution in [0.15, 0.2) is 48.7 Å². The fourth-order valence-electron chi connectivity index (χ4n) is 4.00. The van der Waals surface area contributed by atoms with Crippen molar-refractivity contribution in [2.75, 3.05) is 13.1 Å². The Morgan fingerprint density at radius 3 is 2.59 bits per heavy atom.